The molecule has 1 heterocycles. The number of alkyl halides is 3. The number of rotatable bonds is 3. The predicted octanol–water partition coefficient (Wildman–Crippen LogP) is 2.01. The van der Waals surface area contributed by atoms with Crippen molar-refractivity contribution in [1.29, 1.82) is 0 Å². The van der Waals surface area contributed by atoms with Gasteiger partial charge in [-0.25, -0.2) is 0 Å². The van der Waals surface area contributed by atoms with Crippen LogP contribution in [0.4, 0.5) is 18.9 Å². The number of carbonyl (C=O) groups is 1. The molecule has 0 atom stereocenters. The molecular formula is C8H9F3N2OS. The third-order valence-corrected chi connectivity index (χ3v) is 2.52. The number of nitrogens with two attached hydrogens (primary N) is 1. The fourth-order valence-electron chi connectivity index (χ4n) is 0.902. The Kier molecular flexibility index (Phi) is 3.57. The average molecular weight is 238 g/mol. The van der Waals surface area contributed by atoms with Crippen LogP contribution in [-0.2, 0) is 0 Å². The van der Waals surface area contributed by atoms with Crippen LogP contribution in [0.25, 0.3) is 0 Å². The molecule has 0 aliphatic rings. The van der Waals surface area contributed by atoms with Gasteiger partial charge in [0.2, 0.25) is 0 Å². The highest BCUT2D eigenvalue weighted by Crippen LogP contribution is 2.20. The highest BCUT2D eigenvalue weighted by atomic mass is 32.1. The monoisotopic (exact) mass is 238 g/mol. The molecule has 1 amide bonds. The van der Waals surface area contributed by atoms with Gasteiger partial charge in [-0.2, -0.15) is 13.2 Å². The third-order valence-electron chi connectivity index (χ3n) is 1.60. The molecule has 0 fully saturated rings. The number of thiophene rings is 1. The van der Waals surface area contributed by atoms with E-state index in [0.717, 1.165) is 11.3 Å². The molecule has 0 saturated carbocycles. The lowest BCUT2D eigenvalue weighted by atomic mass is 10.3. The van der Waals surface area contributed by atoms with Crippen molar-refractivity contribution in [1.82, 2.24) is 5.32 Å². The first-order valence-corrected chi connectivity index (χ1v) is 4.96. The second kappa shape index (κ2) is 4.52. The summed E-state index contributed by atoms with van der Waals surface area (Å²) in [7, 11) is 0. The number of anilines is 1. The summed E-state index contributed by atoms with van der Waals surface area (Å²) in [5.41, 5.74) is 5.71. The summed E-state index contributed by atoms with van der Waals surface area (Å²) in [5.74, 6) is -0.563. The molecule has 0 aliphatic heterocycles. The molecule has 1 aromatic heterocycles. The van der Waals surface area contributed by atoms with Gasteiger partial charge in [0.05, 0.1) is 12.1 Å². The zero-order chi connectivity index (χ0) is 11.5. The first-order chi connectivity index (χ1) is 6.90. The molecule has 15 heavy (non-hydrogen) atoms. The summed E-state index contributed by atoms with van der Waals surface area (Å²) in [6, 6.07) is 1.53. The minimum Gasteiger partial charge on any atom is -0.397 e. The Bertz CT molecular complexity index is 348. The number of halogens is 3. The Morgan fingerprint density at radius 1 is 1.53 bits per heavy atom. The number of carbonyl (C=O) groups excluding carboxylic acids is 1. The zero-order valence-electron chi connectivity index (χ0n) is 7.60. The predicted molar refractivity (Wildman–Crippen MR) is 51.7 cm³/mol. The average Bonchev–Trinajstić information content (AvgIpc) is 2.48. The van der Waals surface area contributed by atoms with Gasteiger partial charge >= 0.3 is 6.18 Å². The van der Waals surface area contributed by atoms with Crippen LogP contribution >= 0.6 is 11.3 Å². The molecule has 0 saturated heterocycles. The van der Waals surface area contributed by atoms with E-state index < -0.39 is 25.0 Å². The number of nitrogen functional groups attached to an aromatic ring is 1. The largest absolute Gasteiger partial charge is 0.397 e. The highest BCUT2D eigenvalue weighted by Gasteiger charge is 2.26. The van der Waals surface area contributed by atoms with Crippen LogP contribution < -0.4 is 11.1 Å². The maximum absolute atomic E-state index is 11.8. The van der Waals surface area contributed by atoms with E-state index in [1.807, 2.05) is 0 Å². The van der Waals surface area contributed by atoms with Crippen LogP contribution in [0, 0.1) is 0 Å². The first kappa shape index (κ1) is 11.8. The van der Waals surface area contributed by atoms with Crippen molar-refractivity contribution in [3.8, 4) is 0 Å². The first-order valence-electron chi connectivity index (χ1n) is 4.08. The lowest BCUT2D eigenvalue weighted by Crippen LogP contribution is -2.27. The smallest absolute Gasteiger partial charge is 0.390 e. The minimum atomic E-state index is -4.26. The molecule has 84 valence electrons. The van der Waals surface area contributed by atoms with Crippen LogP contribution in [0.1, 0.15) is 16.1 Å². The van der Waals surface area contributed by atoms with Gasteiger partial charge in [0.1, 0.15) is 4.88 Å². The molecule has 0 aliphatic carbocycles. The van der Waals surface area contributed by atoms with Crippen LogP contribution in [0.15, 0.2) is 11.4 Å². The van der Waals surface area contributed by atoms with E-state index in [1.54, 1.807) is 5.38 Å². The summed E-state index contributed by atoms with van der Waals surface area (Å²) in [6.07, 6.45) is -5.29. The van der Waals surface area contributed by atoms with Crippen LogP contribution in [-0.4, -0.2) is 18.6 Å². The Morgan fingerprint density at radius 2 is 2.20 bits per heavy atom. The van der Waals surface area contributed by atoms with Gasteiger partial charge in [-0.15, -0.1) is 11.3 Å². The van der Waals surface area contributed by atoms with Crippen molar-refractivity contribution in [3.05, 3.63) is 16.3 Å². The molecule has 7 heteroatoms. The van der Waals surface area contributed by atoms with Gasteiger partial charge in [-0.3, -0.25) is 4.79 Å². The molecule has 0 bridgehead atoms. The van der Waals surface area contributed by atoms with Crippen LogP contribution in [0.5, 0.6) is 0 Å². The number of nitrogens with one attached hydrogen (secondary N) is 1. The van der Waals surface area contributed by atoms with Crippen molar-refractivity contribution in [3.63, 3.8) is 0 Å². The maximum Gasteiger partial charge on any atom is 0.390 e. The van der Waals surface area contributed by atoms with Crippen molar-refractivity contribution < 1.29 is 18.0 Å². The number of amides is 1. The standard InChI is InChI=1S/C8H9F3N2OS/c9-8(10,11)2-3-13-7(14)6-5(12)1-4-15-6/h1,4H,2-3,12H2,(H,13,14). The molecule has 0 radical (unpaired) electrons. The van der Waals surface area contributed by atoms with Gasteiger partial charge in [-0.1, -0.05) is 0 Å². The quantitative estimate of drug-likeness (QED) is 0.846. The van der Waals surface area contributed by atoms with Gasteiger partial charge in [0.15, 0.2) is 0 Å². The van der Waals surface area contributed by atoms with Crippen molar-refractivity contribution in [2.45, 2.75) is 12.6 Å². The van der Waals surface area contributed by atoms with Gasteiger partial charge in [0.25, 0.3) is 5.91 Å². The van der Waals surface area contributed by atoms with Crippen LogP contribution in [0.3, 0.4) is 0 Å². The van der Waals surface area contributed by atoms with Crippen molar-refractivity contribution >= 4 is 22.9 Å². The number of hydrogen-bond acceptors (Lipinski definition) is 3. The van der Waals surface area contributed by atoms with Gasteiger partial charge in [0, 0.05) is 6.54 Å². The summed E-state index contributed by atoms with van der Waals surface area (Å²) < 4.78 is 35.3. The topological polar surface area (TPSA) is 55.1 Å². The summed E-state index contributed by atoms with van der Waals surface area (Å²) in [4.78, 5) is 11.5. The summed E-state index contributed by atoms with van der Waals surface area (Å²) in [6.45, 7) is -0.431. The van der Waals surface area contributed by atoms with Crippen LogP contribution in [0.2, 0.25) is 0 Å². The summed E-state index contributed by atoms with van der Waals surface area (Å²) >= 11 is 1.10. The SMILES string of the molecule is Nc1ccsc1C(=O)NCCC(F)(F)F. The Morgan fingerprint density at radius 3 is 2.67 bits per heavy atom. The zero-order valence-corrected chi connectivity index (χ0v) is 8.41. The van der Waals surface area contributed by atoms with E-state index in [2.05, 4.69) is 5.32 Å². The van der Waals surface area contributed by atoms with Crippen molar-refractivity contribution in [2.75, 3.05) is 12.3 Å². The molecule has 3 N–H and O–H groups in total. The fourth-order valence-corrected chi connectivity index (χ4v) is 1.64. The molecule has 1 aromatic rings. The van der Waals surface area contributed by atoms with E-state index in [4.69, 9.17) is 5.73 Å². The fraction of sp³-hybridized carbons (Fsp3) is 0.375. The Labute approximate surface area is 88.1 Å². The van der Waals surface area contributed by atoms with Gasteiger partial charge < -0.3 is 11.1 Å². The molecular weight excluding hydrogens is 229 g/mol. The number of hydrogen-bond donors (Lipinski definition) is 2. The molecule has 1 rings (SSSR count). The summed E-state index contributed by atoms with van der Waals surface area (Å²) in [5, 5.41) is 3.76. The molecule has 0 spiro atoms. The van der Waals surface area contributed by atoms with Crippen molar-refractivity contribution in [2.24, 2.45) is 0 Å². The normalized spacial score (nSPS) is 11.4. The molecule has 0 aromatic carbocycles. The second-order valence-corrected chi connectivity index (χ2v) is 3.74. The highest BCUT2D eigenvalue weighted by molar-refractivity contribution is 7.12. The molecule has 3 nitrogen and oxygen atoms in total. The van der Waals surface area contributed by atoms with E-state index in [0.29, 0.717) is 0 Å². The second-order valence-electron chi connectivity index (χ2n) is 2.83. The molecule has 0 unspecified atom stereocenters. The van der Waals surface area contributed by atoms with E-state index in [-0.39, 0.29) is 10.6 Å². The van der Waals surface area contributed by atoms with Gasteiger partial charge in [-0.05, 0) is 11.4 Å². The maximum atomic E-state index is 11.8. The minimum absolute atomic E-state index is 0.247. The Hall–Kier alpha value is -1.24. The van der Waals surface area contributed by atoms with E-state index in [9.17, 15) is 18.0 Å². The van der Waals surface area contributed by atoms with E-state index >= 15 is 0 Å². The Balaban J connectivity index is 2.41. The lowest BCUT2D eigenvalue weighted by molar-refractivity contribution is -0.132. The third kappa shape index (κ3) is 3.78. The lowest BCUT2D eigenvalue weighted by Gasteiger charge is -2.07. The van der Waals surface area contributed by atoms with E-state index in [1.165, 1.54) is 6.07 Å².